The quantitative estimate of drug-likeness (QED) is 0.492. The predicted octanol–water partition coefficient (Wildman–Crippen LogP) is 1.70. The van der Waals surface area contributed by atoms with Crippen LogP contribution >= 0.6 is 0 Å². The van der Waals surface area contributed by atoms with Crippen molar-refractivity contribution in [3.05, 3.63) is 29.8 Å². The van der Waals surface area contributed by atoms with E-state index >= 15 is 0 Å². The highest BCUT2D eigenvalue weighted by Gasteiger charge is 2.16. The van der Waals surface area contributed by atoms with Crippen molar-refractivity contribution in [3.63, 3.8) is 0 Å². The van der Waals surface area contributed by atoms with Crippen molar-refractivity contribution >= 4 is 11.9 Å². The number of aliphatic imine (C=N–C) groups is 1. The molecular formula is C16H25N3O3. The van der Waals surface area contributed by atoms with E-state index in [1.54, 1.807) is 14.2 Å². The maximum absolute atomic E-state index is 11.7. The van der Waals surface area contributed by atoms with E-state index in [4.69, 9.17) is 9.47 Å². The molecule has 0 unspecified atom stereocenters. The molecule has 0 spiro atoms. The number of esters is 1. The van der Waals surface area contributed by atoms with Gasteiger partial charge < -0.3 is 20.1 Å². The Kier molecular flexibility index (Phi) is 6.69. The summed E-state index contributed by atoms with van der Waals surface area (Å²) < 4.78 is 10.4. The van der Waals surface area contributed by atoms with Crippen LogP contribution in [0.15, 0.2) is 29.3 Å². The minimum absolute atomic E-state index is 0.0645. The summed E-state index contributed by atoms with van der Waals surface area (Å²) in [6.07, 6.45) is 0. The number of nitrogens with zero attached hydrogens (tertiary/aromatic N) is 1. The van der Waals surface area contributed by atoms with Gasteiger partial charge in [-0.3, -0.25) is 9.79 Å². The van der Waals surface area contributed by atoms with Crippen molar-refractivity contribution in [2.75, 3.05) is 20.7 Å². The Labute approximate surface area is 131 Å². The van der Waals surface area contributed by atoms with Crippen molar-refractivity contribution in [2.45, 2.75) is 32.9 Å². The van der Waals surface area contributed by atoms with Crippen molar-refractivity contribution in [2.24, 2.45) is 4.99 Å². The van der Waals surface area contributed by atoms with E-state index in [1.807, 2.05) is 45.0 Å². The number of hydrogen-bond donors (Lipinski definition) is 2. The molecule has 0 aliphatic heterocycles. The number of nitrogens with one attached hydrogen (secondary N) is 2. The van der Waals surface area contributed by atoms with E-state index < -0.39 is 5.60 Å². The largest absolute Gasteiger partial charge is 0.497 e. The molecule has 1 aromatic carbocycles. The van der Waals surface area contributed by atoms with Crippen LogP contribution in [0, 0.1) is 0 Å². The van der Waals surface area contributed by atoms with Crippen LogP contribution in [-0.2, 0) is 16.1 Å². The third-order valence-electron chi connectivity index (χ3n) is 2.64. The molecule has 0 radical (unpaired) electrons. The normalized spacial score (nSPS) is 11.8. The average Bonchev–Trinajstić information content (AvgIpc) is 2.46. The van der Waals surface area contributed by atoms with E-state index in [-0.39, 0.29) is 12.5 Å². The van der Waals surface area contributed by atoms with E-state index in [0.717, 1.165) is 11.3 Å². The van der Waals surface area contributed by atoms with Gasteiger partial charge in [0.15, 0.2) is 5.96 Å². The lowest BCUT2D eigenvalue weighted by Gasteiger charge is -2.20. The number of benzene rings is 1. The molecular weight excluding hydrogens is 282 g/mol. The fraction of sp³-hybridized carbons (Fsp3) is 0.500. The second-order valence-electron chi connectivity index (χ2n) is 5.72. The molecule has 1 aromatic rings. The zero-order valence-electron chi connectivity index (χ0n) is 13.9. The van der Waals surface area contributed by atoms with Gasteiger partial charge in [0.05, 0.1) is 7.11 Å². The number of carbonyl (C=O) groups excluding carboxylic acids is 1. The molecule has 0 aliphatic carbocycles. The van der Waals surface area contributed by atoms with Gasteiger partial charge >= 0.3 is 5.97 Å². The first-order valence-corrected chi connectivity index (χ1v) is 7.13. The summed E-state index contributed by atoms with van der Waals surface area (Å²) in [6.45, 7) is 6.14. The number of rotatable bonds is 5. The van der Waals surface area contributed by atoms with E-state index in [9.17, 15) is 4.79 Å². The van der Waals surface area contributed by atoms with Crippen LogP contribution in [0.5, 0.6) is 5.75 Å². The summed E-state index contributed by atoms with van der Waals surface area (Å²) >= 11 is 0. The van der Waals surface area contributed by atoms with Crippen molar-refractivity contribution in [3.8, 4) is 5.75 Å². The summed E-state index contributed by atoms with van der Waals surface area (Å²) in [4.78, 5) is 15.7. The maximum Gasteiger partial charge on any atom is 0.325 e. The van der Waals surface area contributed by atoms with Crippen LogP contribution in [0.2, 0.25) is 0 Å². The molecule has 0 heterocycles. The summed E-state index contributed by atoms with van der Waals surface area (Å²) in [7, 11) is 3.28. The lowest BCUT2D eigenvalue weighted by Crippen LogP contribution is -2.41. The Hall–Kier alpha value is -2.24. The van der Waals surface area contributed by atoms with Gasteiger partial charge in [0.25, 0.3) is 0 Å². The van der Waals surface area contributed by atoms with E-state index in [0.29, 0.717) is 12.5 Å². The molecule has 0 amide bonds. The molecule has 1 rings (SSSR count). The van der Waals surface area contributed by atoms with Gasteiger partial charge in [-0.05, 0) is 38.5 Å². The lowest BCUT2D eigenvalue weighted by molar-refractivity contribution is -0.153. The van der Waals surface area contributed by atoms with Crippen LogP contribution in [0.3, 0.4) is 0 Å². The molecule has 0 aliphatic rings. The first-order valence-electron chi connectivity index (χ1n) is 7.13. The molecule has 0 aromatic heterocycles. The van der Waals surface area contributed by atoms with Crippen molar-refractivity contribution in [1.82, 2.24) is 10.6 Å². The monoisotopic (exact) mass is 307 g/mol. The number of methoxy groups -OCH3 is 1. The molecule has 22 heavy (non-hydrogen) atoms. The Morgan fingerprint density at radius 3 is 2.59 bits per heavy atom. The molecule has 0 atom stereocenters. The average molecular weight is 307 g/mol. The Morgan fingerprint density at radius 1 is 1.27 bits per heavy atom. The van der Waals surface area contributed by atoms with E-state index in [1.165, 1.54) is 0 Å². The van der Waals surface area contributed by atoms with Gasteiger partial charge in [0.2, 0.25) is 0 Å². The number of hydrogen-bond acceptors (Lipinski definition) is 4. The smallest absolute Gasteiger partial charge is 0.325 e. The van der Waals surface area contributed by atoms with Crippen molar-refractivity contribution < 1.29 is 14.3 Å². The Bertz CT molecular complexity index is 522. The number of carbonyl (C=O) groups is 1. The highest BCUT2D eigenvalue weighted by Crippen LogP contribution is 2.12. The summed E-state index contributed by atoms with van der Waals surface area (Å²) in [5.41, 5.74) is 0.565. The highest BCUT2D eigenvalue weighted by molar-refractivity contribution is 5.84. The summed E-state index contributed by atoms with van der Waals surface area (Å²) in [5, 5.41) is 6.05. The third-order valence-corrected chi connectivity index (χ3v) is 2.64. The Morgan fingerprint density at radius 2 is 2.00 bits per heavy atom. The third kappa shape index (κ3) is 6.97. The zero-order chi connectivity index (χ0) is 16.6. The first kappa shape index (κ1) is 17.8. The van der Waals surface area contributed by atoms with Crippen molar-refractivity contribution in [1.29, 1.82) is 0 Å². The standard InChI is InChI=1S/C16H25N3O3/c1-16(2,3)22-14(20)11-19-15(17-4)18-10-12-7-6-8-13(9-12)21-5/h6-9H,10-11H2,1-5H3,(H2,17,18,19). The van der Waals surface area contributed by atoms with Crippen LogP contribution in [0.1, 0.15) is 26.3 Å². The summed E-state index contributed by atoms with van der Waals surface area (Å²) in [6, 6.07) is 7.73. The second kappa shape index (κ2) is 8.26. The maximum atomic E-state index is 11.7. The van der Waals surface area contributed by atoms with Gasteiger partial charge in [-0.2, -0.15) is 0 Å². The van der Waals surface area contributed by atoms with Crippen LogP contribution in [0.25, 0.3) is 0 Å². The fourth-order valence-corrected chi connectivity index (χ4v) is 1.72. The molecule has 122 valence electrons. The zero-order valence-corrected chi connectivity index (χ0v) is 13.9. The van der Waals surface area contributed by atoms with Crippen LogP contribution < -0.4 is 15.4 Å². The molecule has 0 fully saturated rings. The first-order chi connectivity index (χ1) is 10.3. The Balaban J connectivity index is 2.44. The second-order valence-corrected chi connectivity index (χ2v) is 5.72. The van der Waals surface area contributed by atoms with Gasteiger partial charge in [-0.25, -0.2) is 0 Å². The minimum atomic E-state index is -0.490. The fourth-order valence-electron chi connectivity index (χ4n) is 1.72. The van der Waals surface area contributed by atoms with Crippen LogP contribution in [0.4, 0.5) is 0 Å². The molecule has 0 saturated heterocycles. The topological polar surface area (TPSA) is 72.0 Å². The predicted molar refractivity (Wildman–Crippen MR) is 87.0 cm³/mol. The SMILES string of the molecule is CN=C(NCC(=O)OC(C)(C)C)NCc1cccc(OC)c1. The molecule has 6 heteroatoms. The molecule has 2 N–H and O–H groups in total. The molecule has 0 bridgehead atoms. The van der Waals surface area contributed by atoms with Gasteiger partial charge in [0.1, 0.15) is 17.9 Å². The minimum Gasteiger partial charge on any atom is -0.497 e. The number of ether oxygens (including phenoxy) is 2. The van der Waals surface area contributed by atoms with Gasteiger partial charge in [-0.1, -0.05) is 12.1 Å². The highest BCUT2D eigenvalue weighted by atomic mass is 16.6. The number of guanidine groups is 1. The van der Waals surface area contributed by atoms with Crippen LogP contribution in [-0.4, -0.2) is 38.2 Å². The lowest BCUT2D eigenvalue weighted by atomic mass is 10.2. The van der Waals surface area contributed by atoms with Gasteiger partial charge in [0, 0.05) is 13.6 Å². The van der Waals surface area contributed by atoms with E-state index in [2.05, 4.69) is 15.6 Å². The summed E-state index contributed by atoms with van der Waals surface area (Å²) in [5.74, 6) is 1.02. The van der Waals surface area contributed by atoms with Gasteiger partial charge in [-0.15, -0.1) is 0 Å². The molecule has 0 saturated carbocycles. The molecule has 6 nitrogen and oxygen atoms in total.